The first kappa shape index (κ1) is 16.5. The molecule has 2 aromatic rings. The first-order valence-corrected chi connectivity index (χ1v) is 7.21. The van der Waals surface area contributed by atoms with Gasteiger partial charge in [0.15, 0.2) is 6.61 Å². The van der Waals surface area contributed by atoms with Gasteiger partial charge in [0.1, 0.15) is 11.8 Å². The number of benzene rings is 1. The summed E-state index contributed by atoms with van der Waals surface area (Å²) in [5.74, 6) is -0.686. The molecule has 122 valence electrons. The highest BCUT2D eigenvalue weighted by atomic mass is 16.5. The van der Waals surface area contributed by atoms with E-state index in [0.29, 0.717) is 5.75 Å². The minimum Gasteiger partial charge on any atom is -0.482 e. The van der Waals surface area contributed by atoms with Crippen molar-refractivity contribution in [3.05, 3.63) is 48.3 Å². The third-order valence-electron chi connectivity index (χ3n) is 3.40. The highest BCUT2D eigenvalue weighted by molar-refractivity contribution is 5.80. The van der Waals surface area contributed by atoms with Crippen molar-refractivity contribution in [2.45, 2.75) is 25.9 Å². The average Bonchev–Trinajstić information content (AvgIpc) is 3.06. The number of carboxylic acid groups (broad SMARTS) is 1. The lowest BCUT2D eigenvalue weighted by Gasteiger charge is -2.18. The molecule has 2 atom stereocenters. The fourth-order valence-electron chi connectivity index (χ4n) is 2.04. The predicted molar refractivity (Wildman–Crippen MR) is 83.1 cm³/mol. The molecule has 0 radical (unpaired) electrons. The molecule has 7 nitrogen and oxygen atoms in total. The van der Waals surface area contributed by atoms with Gasteiger partial charge in [-0.1, -0.05) is 12.1 Å². The fraction of sp³-hybridized carbons (Fsp3) is 0.312. The number of ether oxygens (including phenoxy) is 1. The zero-order chi connectivity index (χ0) is 16.8. The van der Waals surface area contributed by atoms with Crippen LogP contribution in [0, 0.1) is 0 Å². The molecule has 0 bridgehead atoms. The number of aromatic nitrogens is 2. The van der Waals surface area contributed by atoms with Crippen LogP contribution in [0.5, 0.6) is 5.75 Å². The minimum atomic E-state index is -1.03. The monoisotopic (exact) mass is 317 g/mol. The molecule has 1 aromatic carbocycles. The molecule has 0 aliphatic heterocycles. The molecule has 2 unspecified atom stereocenters. The maximum atomic E-state index is 12.2. The lowest BCUT2D eigenvalue weighted by atomic mass is 10.1. The van der Waals surface area contributed by atoms with Crippen LogP contribution in [0.25, 0.3) is 0 Å². The second-order valence-corrected chi connectivity index (χ2v) is 5.14. The first-order chi connectivity index (χ1) is 11.0. The number of hydrogen-bond donors (Lipinski definition) is 2. The molecule has 23 heavy (non-hydrogen) atoms. The van der Waals surface area contributed by atoms with Crippen LogP contribution >= 0.6 is 0 Å². The fourth-order valence-corrected chi connectivity index (χ4v) is 2.04. The number of amides is 1. The molecule has 0 saturated carbocycles. The molecule has 7 heteroatoms. The van der Waals surface area contributed by atoms with Gasteiger partial charge in [0.25, 0.3) is 0 Å². The van der Waals surface area contributed by atoms with E-state index in [4.69, 9.17) is 9.84 Å². The Balaban J connectivity index is 1.93. The van der Waals surface area contributed by atoms with Gasteiger partial charge in [-0.25, -0.2) is 4.79 Å². The topological polar surface area (TPSA) is 93.5 Å². The summed E-state index contributed by atoms with van der Waals surface area (Å²) in [7, 11) is 0. The zero-order valence-electron chi connectivity index (χ0n) is 13.0. The molecule has 0 aliphatic rings. The van der Waals surface area contributed by atoms with Crippen LogP contribution in [-0.2, 0) is 9.59 Å². The normalized spacial score (nSPS) is 13.1. The van der Waals surface area contributed by atoms with Gasteiger partial charge in [-0.2, -0.15) is 5.10 Å². The summed E-state index contributed by atoms with van der Waals surface area (Å²) in [6.45, 7) is 3.27. The van der Waals surface area contributed by atoms with Crippen LogP contribution in [0.1, 0.15) is 31.5 Å². The molecule has 0 fully saturated rings. The van der Waals surface area contributed by atoms with Gasteiger partial charge in [0.2, 0.25) is 5.91 Å². The predicted octanol–water partition coefficient (Wildman–Crippen LogP) is 1.78. The number of hydrogen-bond acceptors (Lipinski definition) is 4. The van der Waals surface area contributed by atoms with Gasteiger partial charge in [0, 0.05) is 12.4 Å². The average molecular weight is 317 g/mol. The van der Waals surface area contributed by atoms with E-state index in [1.54, 1.807) is 54.3 Å². The molecule has 0 spiro atoms. The van der Waals surface area contributed by atoms with Gasteiger partial charge < -0.3 is 15.2 Å². The summed E-state index contributed by atoms with van der Waals surface area (Å²) in [6, 6.07) is 8.12. The largest absolute Gasteiger partial charge is 0.482 e. The van der Waals surface area contributed by atoms with Crippen molar-refractivity contribution in [1.29, 1.82) is 0 Å². The molecular weight excluding hydrogens is 298 g/mol. The third-order valence-corrected chi connectivity index (χ3v) is 3.40. The number of aliphatic carboxylic acids is 1. The van der Waals surface area contributed by atoms with Crippen LogP contribution in [0.2, 0.25) is 0 Å². The van der Waals surface area contributed by atoms with Gasteiger partial charge in [0.05, 0.1) is 6.04 Å². The number of rotatable bonds is 7. The number of nitrogens with zero attached hydrogens (tertiary/aromatic N) is 2. The van der Waals surface area contributed by atoms with E-state index in [0.717, 1.165) is 5.56 Å². The first-order valence-electron chi connectivity index (χ1n) is 7.21. The summed E-state index contributed by atoms with van der Waals surface area (Å²) in [5.41, 5.74) is 0.897. The van der Waals surface area contributed by atoms with Crippen molar-refractivity contribution in [3.63, 3.8) is 0 Å². The highest BCUT2D eigenvalue weighted by Crippen LogP contribution is 2.18. The Bertz CT molecular complexity index is 652. The molecule has 0 aliphatic carbocycles. The summed E-state index contributed by atoms with van der Waals surface area (Å²) in [5, 5.41) is 15.5. The summed E-state index contributed by atoms with van der Waals surface area (Å²) in [4.78, 5) is 22.7. The Labute approximate surface area is 133 Å². The second-order valence-electron chi connectivity index (χ2n) is 5.14. The van der Waals surface area contributed by atoms with Crippen molar-refractivity contribution in [3.8, 4) is 5.75 Å². The quantitative estimate of drug-likeness (QED) is 0.812. The number of carbonyl (C=O) groups excluding carboxylic acids is 1. The van der Waals surface area contributed by atoms with E-state index in [1.165, 1.54) is 0 Å². The van der Waals surface area contributed by atoms with E-state index in [1.807, 2.05) is 6.92 Å². The molecular formula is C16H19N3O4. The number of carbonyl (C=O) groups is 2. The van der Waals surface area contributed by atoms with Crippen molar-refractivity contribution in [2.24, 2.45) is 0 Å². The van der Waals surface area contributed by atoms with Gasteiger partial charge in [-0.05, 0) is 37.6 Å². The van der Waals surface area contributed by atoms with Crippen LogP contribution in [0.4, 0.5) is 0 Å². The lowest BCUT2D eigenvalue weighted by Crippen LogP contribution is -2.33. The summed E-state index contributed by atoms with van der Waals surface area (Å²) < 4.78 is 6.66. The smallest absolute Gasteiger partial charge is 0.341 e. The van der Waals surface area contributed by atoms with E-state index in [9.17, 15) is 9.59 Å². The third kappa shape index (κ3) is 4.57. The Morgan fingerprint density at radius 1 is 1.30 bits per heavy atom. The molecule has 0 saturated heterocycles. The number of carboxylic acids is 1. The zero-order valence-corrected chi connectivity index (χ0v) is 13.0. The van der Waals surface area contributed by atoms with Crippen molar-refractivity contribution < 1.29 is 19.4 Å². The molecule has 1 aromatic heterocycles. The highest BCUT2D eigenvalue weighted by Gasteiger charge is 2.17. The molecule has 2 rings (SSSR count). The Hall–Kier alpha value is -2.83. The Morgan fingerprint density at radius 3 is 2.57 bits per heavy atom. The SMILES string of the molecule is CC(NC(=O)C(C)n1cccn1)c1ccc(OCC(=O)O)cc1. The van der Waals surface area contributed by atoms with Crippen LogP contribution in [0.15, 0.2) is 42.7 Å². The van der Waals surface area contributed by atoms with Crippen molar-refractivity contribution >= 4 is 11.9 Å². The second kappa shape index (κ2) is 7.44. The van der Waals surface area contributed by atoms with Gasteiger partial charge >= 0.3 is 5.97 Å². The Kier molecular flexibility index (Phi) is 5.35. The van der Waals surface area contributed by atoms with Crippen LogP contribution in [0.3, 0.4) is 0 Å². The molecule has 1 heterocycles. The van der Waals surface area contributed by atoms with Crippen LogP contribution < -0.4 is 10.1 Å². The summed E-state index contributed by atoms with van der Waals surface area (Å²) >= 11 is 0. The van der Waals surface area contributed by atoms with E-state index in [-0.39, 0.29) is 18.6 Å². The van der Waals surface area contributed by atoms with E-state index >= 15 is 0 Å². The van der Waals surface area contributed by atoms with Gasteiger partial charge in [-0.3, -0.25) is 9.48 Å². The maximum absolute atomic E-state index is 12.2. The van der Waals surface area contributed by atoms with Crippen molar-refractivity contribution in [1.82, 2.24) is 15.1 Å². The van der Waals surface area contributed by atoms with E-state index in [2.05, 4.69) is 10.4 Å². The minimum absolute atomic E-state index is 0.132. The van der Waals surface area contributed by atoms with Crippen molar-refractivity contribution in [2.75, 3.05) is 6.61 Å². The van der Waals surface area contributed by atoms with E-state index < -0.39 is 12.0 Å². The van der Waals surface area contributed by atoms with Gasteiger partial charge in [-0.15, -0.1) is 0 Å². The number of nitrogens with one attached hydrogen (secondary N) is 1. The van der Waals surface area contributed by atoms with Crippen LogP contribution in [-0.4, -0.2) is 33.4 Å². The maximum Gasteiger partial charge on any atom is 0.341 e. The molecule has 2 N–H and O–H groups in total. The summed E-state index contributed by atoms with van der Waals surface area (Å²) in [6.07, 6.45) is 3.37. The Morgan fingerprint density at radius 2 is 2.00 bits per heavy atom. The molecule has 1 amide bonds. The standard InChI is InChI=1S/C16H19N3O4/c1-11(18-16(22)12(2)19-9-3-8-17-19)13-4-6-14(7-5-13)23-10-15(20)21/h3-9,11-12H,10H2,1-2H3,(H,18,22)(H,20,21). The lowest BCUT2D eigenvalue weighted by molar-refractivity contribution is -0.139.